The van der Waals surface area contributed by atoms with Gasteiger partial charge in [-0.3, -0.25) is 9.59 Å². The number of carbonyl (C=O) groups excluding carboxylic acids is 2. The van der Waals surface area contributed by atoms with Crippen LogP contribution in [-0.2, 0) is 9.59 Å². The van der Waals surface area contributed by atoms with E-state index in [-0.39, 0.29) is 11.8 Å². The van der Waals surface area contributed by atoms with Crippen LogP contribution < -0.4 is 4.90 Å². The van der Waals surface area contributed by atoms with Gasteiger partial charge in [0.1, 0.15) is 0 Å². The van der Waals surface area contributed by atoms with Gasteiger partial charge >= 0.3 is 0 Å². The van der Waals surface area contributed by atoms with Gasteiger partial charge in [0.15, 0.2) is 4.47 Å². The number of aromatic nitrogens is 1. The van der Waals surface area contributed by atoms with Crippen molar-refractivity contribution >= 4 is 50.7 Å². The van der Waals surface area contributed by atoms with E-state index in [1.807, 2.05) is 6.07 Å². The van der Waals surface area contributed by atoms with Gasteiger partial charge < -0.3 is 0 Å². The number of thiazole rings is 1. The summed E-state index contributed by atoms with van der Waals surface area (Å²) in [7, 11) is 0. The van der Waals surface area contributed by atoms with Crippen molar-refractivity contribution in [3.05, 3.63) is 33.8 Å². The van der Waals surface area contributed by atoms with Crippen molar-refractivity contribution < 1.29 is 9.59 Å². The van der Waals surface area contributed by atoms with Gasteiger partial charge in [-0.05, 0) is 43.9 Å². The quantitative estimate of drug-likeness (QED) is 0.753. The van der Waals surface area contributed by atoms with Crippen molar-refractivity contribution in [2.24, 2.45) is 0 Å². The number of hydrogen-bond acceptors (Lipinski definition) is 4. The molecule has 0 saturated carbocycles. The molecule has 0 fully saturated rings. The SMILES string of the molecule is O=C1C2=C(CCCC2)C(=O)N1c1ccc2nc(Cl)sc2c1. The van der Waals surface area contributed by atoms with E-state index in [9.17, 15) is 9.59 Å². The van der Waals surface area contributed by atoms with E-state index >= 15 is 0 Å². The first-order valence-electron chi connectivity index (χ1n) is 6.82. The summed E-state index contributed by atoms with van der Waals surface area (Å²) < 4.78 is 1.33. The number of anilines is 1. The largest absolute Gasteiger partial charge is 0.269 e. The predicted octanol–water partition coefficient (Wildman–Crippen LogP) is 3.69. The number of nitrogens with zero attached hydrogens (tertiary/aromatic N) is 2. The molecule has 0 spiro atoms. The van der Waals surface area contributed by atoms with Crippen molar-refractivity contribution in [1.82, 2.24) is 4.98 Å². The van der Waals surface area contributed by atoms with Gasteiger partial charge in [0.05, 0.1) is 15.9 Å². The number of carbonyl (C=O) groups is 2. The third-order valence-corrected chi connectivity index (χ3v) is 5.12. The number of fused-ring (bicyclic) bond motifs is 1. The van der Waals surface area contributed by atoms with Gasteiger partial charge in [-0.15, -0.1) is 11.3 Å². The van der Waals surface area contributed by atoms with Gasteiger partial charge in [0.2, 0.25) is 0 Å². The molecule has 0 N–H and O–H groups in total. The number of amides is 2. The predicted molar refractivity (Wildman–Crippen MR) is 82.6 cm³/mol. The first-order chi connectivity index (χ1) is 10.1. The Kier molecular flexibility index (Phi) is 2.87. The van der Waals surface area contributed by atoms with Gasteiger partial charge in [0.25, 0.3) is 11.8 Å². The minimum Gasteiger partial charge on any atom is -0.269 e. The number of benzene rings is 1. The normalized spacial score (nSPS) is 18.8. The second-order valence-electron chi connectivity index (χ2n) is 5.23. The highest BCUT2D eigenvalue weighted by molar-refractivity contribution is 7.22. The maximum Gasteiger partial charge on any atom is 0.261 e. The molecule has 1 aromatic carbocycles. The lowest BCUT2D eigenvalue weighted by atomic mass is 9.93. The zero-order valence-corrected chi connectivity index (χ0v) is 12.6. The summed E-state index contributed by atoms with van der Waals surface area (Å²) in [5, 5.41) is 0. The van der Waals surface area contributed by atoms with E-state index in [2.05, 4.69) is 4.98 Å². The Morgan fingerprint density at radius 3 is 2.43 bits per heavy atom. The Morgan fingerprint density at radius 1 is 1.10 bits per heavy atom. The standard InChI is InChI=1S/C15H11ClN2O2S/c16-15-17-11-6-5-8(7-12(11)21-15)18-13(19)9-3-1-2-4-10(9)14(18)20/h5-7H,1-4H2. The second kappa shape index (κ2) is 4.64. The molecular formula is C15H11ClN2O2S. The summed E-state index contributed by atoms with van der Waals surface area (Å²) in [5.41, 5.74) is 2.79. The van der Waals surface area contributed by atoms with Crippen LogP contribution in [0.25, 0.3) is 10.2 Å². The molecule has 0 radical (unpaired) electrons. The molecule has 4 rings (SSSR count). The number of hydrogen-bond donors (Lipinski definition) is 0. The summed E-state index contributed by atoms with van der Waals surface area (Å²) in [6.45, 7) is 0. The lowest BCUT2D eigenvalue weighted by Gasteiger charge is -2.14. The maximum atomic E-state index is 12.5. The van der Waals surface area contributed by atoms with Crippen LogP contribution in [0.2, 0.25) is 4.47 Å². The lowest BCUT2D eigenvalue weighted by molar-refractivity contribution is -0.120. The second-order valence-corrected chi connectivity index (χ2v) is 6.84. The van der Waals surface area contributed by atoms with Crippen molar-refractivity contribution in [2.45, 2.75) is 25.7 Å². The average Bonchev–Trinajstić information content (AvgIpc) is 2.97. The molecule has 1 aliphatic carbocycles. The third-order valence-electron chi connectivity index (χ3n) is 3.99. The Labute approximate surface area is 130 Å². The van der Waals surface area contributed by atoms with Crippen LogP contribution in [-0.4, -0.2) is 16.8 Å². The van der Waals surface area contributed by atoms with Crippen LogP contribution >= 0.6 is 22.9 Å². The van der Waals surface area contributed by atoms with Gasteiger partial charge in [0, 0.05) is 11.1 Å². The van der Waals surface area contributed by atoms with E-state index in [1.165, 1.54) is 16.2 Å². The smallest absolute Gasteiger partial charge is 0.261 e. The lowest BCUT2D eigenvalue weighted by Crippen LogP contribution is -2.31. The van der Waals surface area contributed by atoms with Crippen molar-refractivity contribution in [1.29, 1.82) is 0 Å². The Morgan fingerprint density at radius 2 is 1.76 bits per heavy atom. The van der Waals surface area contributed by atoms with Gasteiger partial charge in [-0.2, -0.15) is 0 Å². The fourth-order valence-corrected chi connectivity index (χ4v) is 4.06. The molecule has 4 nitrogen and oxygen atoms in total. The molecule has 21 heavy (non-hydrogen) atoms. The minimum absolute atomic E-state index is 0.162. The van der Waals surface area contributed by atoms with Gasteiger partial charge in [-0.25, -0.2) is 9.88 Å². The van der Waals surface area contributed by atoms with E-state index in [1.54, 1.807) is 12.1 Å². The molecule has 6 heteroatoms. The molecular weight excluding hydrogens is 308 g/mol. The minimum atomic E-state index is -0.162. The van der Waals surface area contributed by atoms with E-state index in [4.69, 9.17) is 11.6 Å². The fraction of sp³-hybridized carbons (Fsp3) is 0.267. The topological polar surface area (TPSA) is 50.3 Å². The highest BCUT2D eigenvalue weighted by Crippen LogP contribution is 2.37. The Bertz CT molecular complexity index is 796. The summed E-state index contributed by atoms with van der Waals surface area (Å²) in [6.07, 6.45) is 3.39. The first kappa shape index (κ1) is 13.0. The van der Waals surface area contributed by atoms with Crippen molar-refractivity contribution in [2.75, 3.05) is 4.90 Å². The highest BCUT2D eigenvalue weighted by atomic mass is 35.5. The summed E-state index contributed by atoms with van der Waals surface area (Å²) in [5.74, 6) is -0.325. The Hall–Kier alpha value is -1.72. The fourth-order valence-electron chi connectivity index (χ4n) is 3.00. The average molecular weight is 319 g/mol. The van der Waals surface area contributed by atoms with E-state index < -0.39 is 0 Å². The van der Waals surface area contributed by atoms with E-state index in [0.29, 0.717) is 34.1 Å². The van der Waals surface area contributed by atoms with Crippen LogP contribution in [0.5, 0.6) is 0 Å². The van der Waals surface area contributed by atoms with Crippen molar-refractivity contribution in [3.8, 4) is 0 Å². The molecule has 0 bridgehead atoms. The molecule has 1 aliphatic heterocycles. The molecule has 2 aliphatic rings. The van der Waals surface area contributed by atoms with E-state index in [0.717, 1.165) is 23.1 Å². The number of halogens is 1. The highest BCUT2D eigenvalue weighted by Gasteiger charge is 2.39. The molecule has 0 atom stereocenters. The summed E-state index contributed by atoms with van der Waals surface area (Å²) >= 11 is 7.25. The summed E-state index contributed by atoms with van der Waals surface area (Å²) in [6, 6.07) is 5.37. The maximum absolute atomic E-state index is 12.5. The molecule has 0 unspecified atom stereocenters. The molecule has 2 amide bonds. The van der Waals surface area contributed by atoms with Crippen LogP contribution in [0.4, 0.5) is 5.69 Å². The van der Waals surface area contributed by atoms with Gasteiger partial charge in [-0.1, -0.05) is 11.6 Å². The number of rotatable bonds is 1. The zero-order chi connectivity index (χ0) is 14.6. The molecule has 106 valence electrons. The van der Waals surface area contributed by atoms with Crippen LogP contribution in [0.3, 0.4) is 0 Å². The van der Waals surface area contributed by atoms with Crippen LogP contribution in [0.15, 0.2) is 29.3 Å². The first-order valence-corrected chi connectivity index (χ1v) is 8.01. The molecule has 2 heterocycles. The summed E-state index contributed by atoms with van der Waals surface area (Å²) in [4.78, 5) is 30.5. The zero-order valence-electron chi connectivity index (χ0n) is 11.1. The van der Waals surface area contributed by atoms with Crippen molar-refractivity contribution in [3.63, 3.8) is 0 Å². The van der Waals surface area contributed by atoms with Crippen LogP contribution in [0.1, 0.15) is 25.7 Å². The molecule has 0 saturated heterocycles. The Balaban J connectivity index is 1.78. The molecule has 2 aromatic rings. The van der Waals surface area contributed by atoms with Crippen LogP contribution in [0, 0.1) is 0 Å². The third kappa shape index (κ3) is 1.92. The monoisotopic (exact) mass is 318 g/mol. The number of imide groups is 1. The molecule has 1 aromatic heterocycles.